The summed E-state index contributed by atoms with van der Waals surface area (Å²) >= 11 is 6.06. The number of aromatic nitrogens is 3. The molecule has 0 spiro atoms. The fourth-order valence-electron chi connectivity index (χ4n) is 3.17. The van der Waals surface area contributed by atoms with Crippen molar-refractivity contribution in [1.82, 2.24) is 19.9 Å². The van der Waals surface area contributed by atoms with Crippen LogP contribution in [0.4, 0.5) is 11.8 Å². The maximum absolute atomic E-state index is 12.5. The van der Waals surface area contributed by atoms with Gasteiger partial charge < -0.3 is 20.5 Å². The van der Waals surface area contributed by atoms with E-state index in [1.54, 1.807) is 36.3 Å². The van der Waals surface area contributed by atoms with Crippen molar-refractivity contribution in [3.05, 3.63) is 57.0 Å². The van der Waals surface area contributed by atoms with Crippen molar-refractivity contribution < 1.29 is 4.79 Å². The van der Waals surface area contributed by atoms with Crippen molar-refractivity contribution in [3.8, 4) is 0 Å². The number of aromatic amines is 1. The molecule has 9 heteroatoms. The number of nitrogens with zero attached hydrogens (tertiary/aromatic N) is 3. The van der Waals surface area contributed by atoms with Crippen LogP contribution >= 0.6 is 11.6 Å². The quantitative estimate of drug-likeness (QED) is 0.626. The lowest BCUT2D eigenvalue weighted by molar-refractivity contribution is -0.128. The minimum Gasteiger partial charge on any atom is -0.361 e. The van der Waals surface area contributed by atoms with E-state index in [4.69, 9.17) is 11.6 Å². The van der Waals surface area contributed by atoms with Gasteiger partial charge in [0.2, 0.25) is 11.9 Å². The van der Waals surface area contributed by atoms with Crippen LogP contribution < -0.4 is 16.2 Å². The number of hydrogen-bond acceptors (Lipinski definition) is 6. The number of hydrogen-bond donors (Lipinski definition) is 3. The molecule has 1 aliphatic rings. The molecule has 0 saturated heterocycles. The molecule has 8 nitrogen and oxygen atoms in total. The number of likely N-dealkylation sites (N-methyl/N-ethyl adjacent to an activating group) is 1. The molecule has 1 unspecified atom stereocenters. The Labute approximate surface area is 165 Å². The summed E-state index contributed by atoms with van der Waals surface area (Å²) in [5.41, 5.74) is 1.93. The summed E-state index contributed by atoms with van der Waals surface area (Å²) in [6, 6.07) is 6.80. The molecule has 0 radical (unpaired) electrons. The second kappa shape index (κ2) is 7.12. The highest BCUT2D eigenvalue weighted by Crippen LogP contribution is 2.23. The number of anilines is 2. The second-order valence-corrected chi connectivity index (χ2v) is 7.26. The van der Waals surface area contributed by atoms with Gasteiger partial charge in [-0.2, -0.15) is 4.98 Å². The van der Waals surface area contributed by atoms with Gasteiger partial charge in [-0.05, 0) is 31.2 Å². The first-order valence-corrected chi connectivity index (χ1v) is 9.21. The molecule has 3 heterocycles. The van der Waals surface area contributed by atoms with Crippen LogP contribution in [0.1, 0.15) is 24.1 Å². The highest BCUT2D eigenvalue weighted by atomic mass is 35.5. The van der Waals surface area contributed by atoms with Crippen LogP contribution in [0.25, 0.3) is 10.9 Å². The van der Waals surface area contributed by atoms with Gasteiger partial charge in [-0.3, -0.25) is 9.59 Å². The van der Waals surface area contributed by atoms with Crippen LogP contribution in [0.5, 0.6) is 0 Å². The van der Waals surface area contributed by atoms with Crippen LogP contribution in [0, 0.1) is 0 Å². The third kappa shape index (κ3) is 3.50. The van der Waals surface area contributed by atoms with Crippen molar-refractivity contribution >= 4 is 40.2 Å². The molecule has 1 aromatic carbocycles. The van der Waals surface area contributed by atoms with E-state index in [1.807, 2.05) is 13.0 Å². The fourth-order valence-corrected chi connectivity index (χ4v) is 3.35. The van der Waals surface area contributed by atoms with Crippen LogP contribution in [-0.4, -0.2) is 39.4 Å². The molecule has 0 saturated carbocycles. The number of amides is 1. The molecule has 3 N–H and O–H groups in total. The number of carbonyl (C=O) groups excluding carboxylic acids is 1. The topological polar surface area (TPSA) is 103 Å². The SMILES string of the molecule is CC(Nc1ncc2c(n1)NCC(=O)N(C)C2)c1cc2cc(Cl)ccc2[nH]c1=O. The van der Waals surface area contributed by atoms with Crippen LogP contribution in [0.15, 0.2) is 35.3 Å². The van der Waals surface area contributed by atoms with Gasteiger partial charge in [0, 0.05) is 40.3 Å². The molecule has 144 valence electrons. The van der Waals surface area contributed by atoms with E-state index in [9.17, 15) is 9.59 Å². The lowest BCUT2D eigenvalue weighted by Gasteiger charge is -2.16. The summed E-state index contributed by atoms with van der Waals surface area (Å²) < 4.78 is 0. The van der Waals surface area contributed by atoms with Crippen LogP contribution in [-0.2, 0) is 11.3 Å². The summed E-state index contributed by atoms with van der Waals surface area (Å²) in [6.45, 7) is 2.49. The maximum atomic E-state index is 12.5. The van der Waals surface area contributed by atoms with Crippen molar-refractivity contribution in [2.45, 2.75) is 19.5 Å². The predicted octanol–water partition coefficient (Wildman–Crippen LogP) is 2.53. The summed E-state index contributed by atoms with van der Waals surface area (Å²) in [6.07, 6.45) is 1.68. The molecule has 0 aliphatic carbocycles. The first kappa shape index (κ1) is 18.2. The van der Waals surface area contributed by atoms with E-state index < -0.39 is 0 Å². The molecule has 4 rings (SSSR count). The molecular weight excluding hydrogens is 380 g/mol. The van der Waals surface area contributed by atoms with Gasteiger partial charge in [0.1, 0.15) is 5.82 Å². The summed E-state index contributed by atoms with van der Waals surface area (Å²) in [5.74, 6) is 0.977. The van der Waals surface area contributed by atoms with E-state index in [-0.39, 0.29) is 24.1 Å². The molecule has 1 amide bonds. The number of fused-ring (bicyclic) bond motifs is 2. The zero-order chi connectivity index (χ0) is 19.8. The number of halogens is 1. The second-order valence-electron chi connectivity index (χ2n) is 6.82. The third-order valence-corrected chi connectivity index (χ3v) is 4.99. The predicted molar refractivity (Wildman–Crippen MR) is 109 cm³/mol. The highest BCUT2D eigenvalue weighted by Gasteiger charge is 2.19. The Bertz CT molecular complexity index is 1130. The number of H-pyrrole nitrogens is 1. The average molecular weight is 399 g/mol. The molecule has 2 aromatic heterocycles. The fraction of sp³-hybridized carbons (Fsp3) is 0.263. The molecule has 28 heavy (non-hydrogen) atoms. The number of carbonyl (C=O) groups is 1. The Morgan fingerprint density at radius 2 is 2.11 bits per heavy atom. The van der Waals surface area contributed by atoms with E-state index in [0.29, 0.717) is 28.9 Å². The number of pyridine rings is 1. The van der Waals surface area contributed by atoms with Crippen molar-refractivity contribution in [2.24, 2.45) is 0 Å². The molecule has 1 aliphatic heterocycles. The summed E-state index contributed by atoms with van der Waals surface area (Å²) in [7, 11) is 1.74. The summed E-state index contributed by atoms with van der Waals surface area (Å²) in [5, 5.41) is 7.64. The molecule has 0 fully saturated rings. The standard InChI is InChI=1S/C19H19ClN6O2/c1-10(14-6-11-5-13(20)3-4-15(11)24-18(14)28)23-19-22-7-12-9-26(2)16(27)8-21-17(12)25-19/h3-7,10H,8-9H2,1-2H3,(H,24,28)(H2,21,22,23,25). The zero-order valence-corrected chi connectivity index (χ0v) is 16.2. The number of nitrogens with one attached hydrogen (secondary N) is 3. The molecule has 1 atom stereocenters. The van der Waals surface area contributed by atoms with E-state index >= 15 is 0 Å². The average Bonchev–Trinajstić information content (AvgIpc) is 2.80. The third-order valence-electron chi connectivity index (χ3n) is 4.75. The Kier molecular flexibility index (Phi) is 4.64. The maximum Gasteiger partial charge on any atom is 0.253 e. The Hall–Kier alpha value is -3.13. The van der Waals surface area contributed by atoms with Crippen molar-refractivity contribution in [2.75, 3.05) is 24.2 Å². The Morgan fingerprint density at radius 3 is 2.93 bits per heavy atom. The minimum atomic E-state index is -0.333. The lowest BCUT2D eigenvalue weighted by atomic mass is 10.1. The van der Waals surface area contributed by atoms with Crippen LogP contribution in [0.2, 0.25) is 5.02 Å². The molecular formula is C19H19ClN6O2. The van der Waals surface area contributed by atoms with Gasteiger partial charge in [0.05, 0.1) is 19.1 Å². The van der Waals surface area contributed by atoms with E-state index in [1.165, 1.54) is 0 Å². The Balaban J connectivity index is 1.61. The van der Waals surface area contributed by atoms with Gasteiger partial charge in [0.15, 0.2) is 0 Å². The number of benzene rings is 1. The number of rotatable bonds is 3. The lowest BCUT2D eigenvalue weighted by Crippen LogP contribution is -2.28. The van der Waals surface area contributed by atoms with E-state index in [2.05, 4.69) is 25.6 Å². The van der Waals surface area contributed by atoms with Gasteiger partial charge in [-0.25, -0.2) is 4.98 Å². The Morgan fingerprint density at radius 1 is 1.29 bits per heavy atom. The summed E-state index contributed by atoms with van der Waals surface area (Å²) in [4.78, 5) is 37.6. The first-order valence-electron chi connectivity index (χ1n) is 8.83. The highest BCUT2D eigenvalue weighted by molar-refractivity contribution is 6.31. The van der Waals surface area contributed by atoms with Gasteiger partial charge >= 0.3 is 0 Å². The van der Waals surface area contributed by atoms with Crippen molar-refractivity contribution in [3.63, 3.8) is 0 Å². The van der Waals surface area contributed by atoms with Gasteiger partial charge in [-0.1, -0.05) is 11.6 Å². The minimum absolute atomic E-state index is 0.0118. The van der Waals surface area contributed by atoms with Gasteiger partial charge in [-0.15, -0.1) is 0 Å². The smallest absolute Gasteiger partial charge is 0.253 e. The molecule has 3 aromatic rings. The largest absolute Gasteiger partial charge is 0.361 e. The van der Waals surface area contributed by atoms with E-state index in [0.717, 1.165) is 16.5 Å². The molecule has 0 bridgehead atoms. The van der Waals surface area contributed by atoms with Gasteiger partial charge in [0.25, 0.3) is 5.56 Å². The normalized spacial score (nSPS) is 15.0. The first-order chi connectivity index (χ1) is 13.4. The zero-order valence-electron chi connectivity index (χ0n) is 15.4. The van der Waals surface area contributed by atoms with Crippen LogP contribution in [0.3, 0.4) is 0 Å². The monoisotopic (exact) mass is 398 g/mol. The van der Waals surface area contributed by atoms with Crippen molar-refractivity contribution in [1.29, 1.82) is 0 Å².